The van der Waals surface area contributed by atoms with E-state index in [2.05, 4.69) is 15.3 Å². The Morgan fingerprint density at radius 1 is 1.07 bits per heavy atom. The van der Waals surface area contributed by atoms with Crippen LogP contribution in [-0.2, 0) is 6.54 Å². The van der Waals surface area contributed by atoms with Crippen molar-refractivity contribution in [3.8, 4) is 5.69 Å². The lowest BCUT2D eigenvalue weighted by molar-refractivity contribution is 0.153. The molecule has 4 nitrogen and oxygen atoms in total. The van der Waals surface area contributed by atoms with E-state index in [1.54, 1.807) is 28.9 Å². The number of nitrogens with zero attached hydrogens (tertiary/aromatic N) is 3. The van der Waals surface area contributed by atoms with Crippen LogP contribution in [0.3, 0.4) is 0 Å². The van der Waals surface area contributed by atoms with Gasteiger partial charge in [-0.3, -0.25) is 4.90 Å². The van der Waals surface area contributed by atoms with E-state index < -0.39 is 0 Å². The zero-order chi connectivity index (χ0) is 17.9. The number of halogens is 3. The van der Waals surface area contributed by atoms with Crippen molar-refractivity contribution in [1.29, 1.82) is 0 Å². The number of nitrogens with one attached hydrogen (secondary N) is 1. The average Bonchev–Trinajstić information content (AvgIpc) is 3.11. The van der Waals surface area contributed by atoms with Crippen molar-refractivity contribution in [2.24, 2.45) is 0 Å². The predicted molar refractivity (Wildman–Crippen MR) is 103 cm³/mol. The summed E-state index contributed by atoms with van der Waals surface area (Å²) in [5, 5.41) is 7.77. The summed E-state index contributed by atoms with van der Waals surface area (Å²) in [6.07, 6.45) is 3.78. The Morgan fingerprint density at radius 2 is 1.89 bits per heavy atom. The first-order valence-corrected chi connectivity index (χ1v) is 8.69. The molecule has 0 spiro atoms. The fourth-order valence-corrected chi connectivity index (χ4v) is 3.39. The molecule has 1 aliphatic rings. The van der Waals surface area contributed by atoms with Crippen molar-refractivity contribution >= 4 is 12.4 Å². The maximum Gasteiger partial charge on any atom is 0.123 e. The highest BCUT2D eigenvalue weighted by atomic mass is 35.5. The molecule has 2 aromatic carbocycles. The first-order valence-electron chi connectivity index (χ1n) is 8.69. The molecule has 0 saturated carbocycles. The van der Waals surface area contributed by atoms with Gasteiger partial charge in [0.2, 0.25) is 0 Å². The molecule has 0 radical (unpaired) electrons. The van der Waals surface area contributed by atoms with Gasteiger partial charge in [0, 0.05) is 44.0 Å². The standard InChI is InChI=1S/C20H20F2N4.ClH/c21-17-4-6-19(7-5-17)26-14-15(11-24-26)13-25-9-8-23-12-20(25)16-2-1-3-18(22)10-16;/h1-7,10-11,14,20,23H,8-9,12-13H2;1H. The molecule has 1 fully saturated rings. The molecule has 3 aromatic rings. The lowest BCUT2D eigenvalue weighted by Crippen LogP contribution is -2.45. The van der Waals surface area contributed by atoms with Crippen LogP contribution in [0.25, 0.3) is 5.69 Å². The molecular weight excluding hydrogens is 370 g/mol. The highest BCUT2D eigenvalue weighted by Gasteiger charge is 2.24. The van der Waals surface area contributed by atoms with Gasteiger partial charge in [-0.2, -0.15) is 5.10 Å². The van der Waals surface area contributed by atoms with Gasteiger partial charge in [0.1, 0.15) is 11.6 Å². The van der Waals surface area contributed by atoms with Crippen molar-refractivity contribution < 1.29 is 8.78 Å². The average molecular weight is 391 g/mol. The molecule has 2 heterocycles. The highest BCUT2D eigenvalue weighted by Crippen LogP contribution is 2.25. The summed E-state index contributed by atoms with van der Waals surface area (Å²) in [6, 6.07) is 13.2. The molecule has 7 heteroatoms. The van der Waals surface area contributed by atoms with E-state index in [-0.39, 0.29) is 30.1 Å². The van der Waals surface area contributed by atoms with Crippen LogP contribution in [0.1, 0.15) is 17.2 Å². The first-order chi connectivity index (χ1) is 12.7. The van der Waals surface area contributed by atoms with Gasteiger partial charge >= 0.3 is 0 Å². The predicted octanol–water partition coefficient (Wildman–Crippen LogP) is 3.72. The Balaban J connectivity index is 0.00000210. The van der Waals surface area contributed by atoms with Crippen LogP contribution < -0.4 is 5.32 Å². The van der Waals surface area contributed by atoms with Gasteiger partial charge in [-0.1, -0.05) is 12.1 Å². The molecule has 0 bridgehead atoms. The minimum atomic E-state index is -0.264. The quantitative estimate of drug-likeness (QED) is 0.737. The monoisotopic (exact) mass is 390 g/mol. The van der Waals surface area contributed by atoms with Crippen molar-refractivity contribution in [1.82, 2.24) is 20.0 Å². The molecular formula is C20H21ClF2N4. The number of rotatable bonds is 4. The van der Waals surface area contributed by atoms with Crippen LogP contribution in [-0.4, -0.2) is 34.3 Å². The highest BCUT2D eigenvalue weighted by molar-refractivity contribution is 5.85. The summed E-state index contributed by atoms with van der Waals surface area (Å²) in [6.45, 7) is 3.29. The maximum atomic E-state index is 13.6. The van der Waals surface area contributed by atoms with Gasteiger partial charge < -0.3 is 5.32 Å². The molecule has 4 rings (SSSR count). The number of aromatic nitrogens is 2. The van der Waals surface area contributed by atoms with Gasteiger partial charge in [-0.05, 0) is 42.0 Å². The fourth-order valence-electron chi connectivity index (χ4n) is 3.39. The Hall–Kier alpha value is -2.28. The third-order valence-corrected chi connectivity index (χ3v) is 4.70. The summed E-state index contributed by atoms with van der Waals surface area (Å²) in [4.78, 5) is 2.33. The van der Waals surface area contributed by atoms with Gasteiger partial charge in [0.05, 0.1) is 11.9 Å². The second-order valence-corrected chi connectivity index (χ2v) is 6.51. The molecule has 27 heavy (non-hydrogen) atoms. The first kappa shape index (κ1) is 19.5. The van der Waals surface area contributed by atoms with Crippen molar-refractivity contribution in [2.75, 3.05) is 19.6 Å². The third kappa shape index (κ3) is 4.53. The molecule has 0 aliphatic carbocycles. The summed E-state index contributed by atoms with van der Waals surface area (Å²) >= 11 is 0. The molecule has 1 aliphatic heterocycles. The number of piperazine rings is 1. The van der Waals surface area contributed by atoms with E-state index in [1.807, 2.05) is 18.5 Å². The van der Waals surface area contributed by atoms with Crippen LogP contribution in [0.5, 0.6) is 0 Å². The molecule has 1 aromatic heterocycles. The maximum absolute atomic E-state index is 13.6. The number of hydrogen-bond donors (Lipinski definition) is 1. The normalized spacial score (nSPS) is 17.5. The Kier molecular flexibility index (Phi) is 6.21. The van der Waals surface area contributed by atoms with Crippen LogP contribution in [0.2, 0.25) is 0 Å². The molecule has 1 saturated heterocycles. The molecule has 1 N–H and O–H groups in total. The zero-order valence-corrected chi connectivity index (χ0v) is 15.5. The summed E-state index contributed by atoms with van der Waals surface area (Å²) in [7, 11) is 0. The molecule has 142 valence electrons. The van der Waals surface area contributed by atoms with Crippen LogP contribution in [0, 0.1) is 11.6 Å². The summed E-state index contributed by atoms with van der Waals surface area (Å²) in [5.41, 5.74) is 2.86. The largest absolute Gasteiger partial charge is 0.314 e. The summed E-state index contributed by atoms with van der Waals surface area (Å²) < 4.78 is 28.4. The van der Waals surface area contributed by atoms with E-state index in [1.165, 1.54) is 18.2 Å². The Morgan fingerprint density at radius 3 is 2.67 bits per heavy atom. The minimum absolute atomic E-state index is 0. The van der Waals surface area contributed by atoms with Crippen LogP contribution >= 0.6 is 12.4 Å². The van der Waals surface area contributed by atoms with Crippen LogP contribution in [0.4, 0.5) is 8.78 Å². The van der Waals surface area contributed by atoms with E-state index >= 15 is 0 Å². The van der Waals surface area contributed by atoms with Gasteiger partial charge in [0.25, 0.3) is 0 Å². The number of hydrogen-bond acceptors (Lipinski definition) is 3. The third-order valence-electron chi connectivity index (χ3n) is 4.70. The molecule has 0 amide bonds. The van der Waals surface area contributed by atoms with Crippen molar-refractivity contribution in [2.45, 2.75) is 12.6 Å². The Bertz CT molecular complexity index is 882. The minimum Gasteiger partial charge on any atom is -0.314 e. The fraction of sp³-hybridized carbons (Fsp3) is 0.250. The van der Waals surface area contributed by atoms with E-state index in [0.717, 1.165) is 43.0 Å². The topological polar surface area (TPSA) is 33.1 Å². The lowest BCUT2D eigenvalue weighted by Gasteiger charge is -2.36. The second kappa shape index (κ2) is 8.61. The number of benzene rings is 2. The second-order valence-electron chi connectivity index (χ2n) is 6.51. The zero-order valence-electron chi connectivity index (χ0n) is 14.7. The van der Waals surface area contributed by atoms with E-state index in [9.17, 15) is 8.78 Å². The lowest BCUT2D eigenvalue weighted by atomic mass is 10.0. The van der Waals surface area contributed by atoms with E-state index in [4.69, 9.17) is 0 Å². The van der Waals surface area contributed by atoms with Gasteiger partial charge in [-0.25, -0.2) is 13.5 Å². The summed E-state index contributed by atoms with van der Waals surface area (Å²) in [5.74, 6) is -0.475. The SMILES string of the molecule is Cl.Fc1ccc(-n2cc(CN3CCNCC3c3cccc(F)c3)cn2)cc1. The van der Waals surface area contributed by atoms with Crippen LogP contribution in [0.15, 0.2) is 60.9 Å². The van der Waals surface area contributed by atoms with Crippen molar-refractivity contribution in [3.05, 3.63) is 83.7 Å². The Labute approximate surface area is 163 Å². The van der Waals surface area contributed by atoms with Gasteiger partial charge in [0.15, 0.2) is 0 Å². The molecule has 1 atom stereocenters. The molecule has 1 unspecified atom stereocenters. The van der Waals surface area contributed by atoms with E-state index in [0.29, 0.717) is 0 Å². The smallest absolute Gasteiger partial charge is 0.123 e. The van der Waals surface area contributed by atoms with Gasteiger partial charge in [-0.15, -0.1) is 12.4 Å². The van der Waals surface area contributed by atoms with Crippen molar-refractivity contribution in [3.63, 3.8) is 0 Å².